The third-order valence-electron chi connectivity index (χ3n) is 7.00. The zero-order valence-electron chi connectivity index (χ0n) is 22.2. The van der Waals surface area contributed by atoms with Gasteiger partial charge in [-0.25, -0.2) is 0 Å². The molecule has 0 aromatic heterocycles. The van der Waals surface area contributed by atoms with Crippen molar-refractivity contribution in [1.29, 1.82) is 0 Å². The van der Waals surface area contributed by atoms with Crippen LogP contribution in [0.2, 0.25) is 0 Å². The fourth-order valence-electron chi connectivity index (χ4n) is 4.99. The van der Waals surface area contributed by atoms with Crippen LogP contribution in [0, 0.1) is 22.7 Å². The molecule has 2 N–H and O–H groups in total. The molecule has 0 saturated heterocycles. The molecule has 0 fully saturated rings. The summed E-state index contributed by atoms with van der Waals surface area (Å²) in [5.74, 6) is 1.06. The zero-order chi connectivity index (χ0) is 25.3. The first kappa shape index (κ1) is 26.0. The number of fused-ring (bicyclic) bond motifs is 2. The lowest BCUT2D eigenvalue weighted by atomic mass is 9.65. The van der Waals surface area contributed by atoms with Gasteiger partial charge in [0.1, 0.15) is 0 Å². The van der Waals surface area contributed by atoms with E-state index < -0.39 is 10.8 Å². The molecule has 0 radical (unpaired) electrons. The van der Waals surface area contributed by atoms with Crippen LogP contribution >= 0.6 is 0 Å². The molecule has 3 rings (SSSR count). The SMILES string of the molecule is CC(CNC(=O)C(C)(C)C)C1c2ccccc2C(C(C)CNC(=O)C(C)(C)C)c2ccccc21. The van der Waals surface area contributed by atoms with Gasteiger partial charge in [0.15, 0.2) is 0 Å². The largest absolute Gasteiger partial charge is 0.355 e. The number of nitrogens with one attached hydrogen (secondary N) is 2. The van der Waals surface area contributed by atoms with E-state index >= 15 is 0 Å². The smallest absolute Gasteiger partial charge is 0.225 e. The summed E-state index contributed by atoms with van der Waals surface area (Å²) in [6.07, 6.45) is 0. The molecular formula is C30H42N2O2. The lowest BCUT2D eigenvalue weighted by molar-refractivity contribution is -0.129. The van der Waals surface area contributed by atoms with E-state index in [9.17, 15) is 9.59 Å². The average molecular weight is 463 g/mol. The maximum Gasteiger partial charge on any atom is 0.225 e. The Bertz CT molecular complexity index is 899. The highest BCUT2D eigenvalue weighted by atomic mass is 16.2. The van der Waals surface area contributed by atoms with Crippen molar-refractivity contribution in [2.45, 2.75) is 67.2 Å². The molecule has 0 bridgehead atoms. The van der Waals surface area contributed by atoms with Crippen molar-refractivity contribution in [3.05, 3.63) is 70.8 Å². The van der Waals surface area contributed by atoms with Crippen LogP contribution in [0.3, 0.4) is 0 Å². The van der Waals surface area contributed by atoms with Gasteiger partial charge in [-0.2, -0.15) is 0 Å². The Morgan fingerprint density at radius 1 is 0.647 bits per heavy atom. The molecule has 1 aliphatic carbocycles. The standard InChI is InChI=1S/C30H42N2O2/c1-19(17-31-27(33)29(3,4)5)25-21-13-9-11-15-23(21)26(24-16-12-10-14-22(24)25)20(2)18-32-28(34)30(6,7)8/h9-16,19-20,25-26H,17-18H2,1-8H3,(H,31,33)(H,32,34). The molecule has 34 heavy (non-hydrogen) atoms. The number of hydrogen-bond donors (Lipinski definition) is 2. The number of carbonyl (C=O) groups excluding carboxylic acids is 2. The number of benzene rings is 2. The average Bonchev–Trinajstić information content (AvgIpc) is 2.77. The van der Waals surface area contributed by atoms with E-state index in [0.717, 1.165) is 0 Å². The van der Waals surface area contributed by atoms with Crippen molar-refractivity contribution in [2.24, 2.45) is 22.7 Å². The minimum Gasteiger partial charge on any atom is -0.355 e. The highest BCUT2D eigenvalue weighted by molar-refractivity contribution is 5.81. The summed E-state index contributed by atoms with van der Waals surface area (Å²) < 4.78 is 0. The third-order valence-corrected chi connectivity index (χ3v) is 7.00. The Balaban J connectivity index is 1.93. The second-order valence-electron chi connectivity index (χ2n) is 12.1. The summed E-state index contributed by atoms with van der Waals surface area (Å²) in [6, 6.07) is 17.4. The first-order chi connectivity index (χ1) is 15.8. The van der Waals surface area contributed by atoms with Gasteiger partial charge in [-0.1, -0.05) is 104 Å². The number of amides is 2. The number of carbonyl (C=O) groups is 2. The first-order valence-corrected chi connectivity index (χ1v) is 12.6. The molecule has 0 spiro atoms. The lowest BCUT2D eigenvalue weighted by Gasteiger charge is -2.40. The number of rotatable bonds is 6. The molecule has 0 aliphatic heterocycles. The van der Waals surface area contributed by atoms with Crippen molar-refractivity contribution in [3.63, 3.8) is 0 Å². The summed E-state index contributed by atoms with van der Waals surface area (Å²) in [6.45, 7) is 17.4. The molecule has 4 heteroatoms. The Morgan fingerprint density at radius 3 is 1.15 bits per heavy atom. The van der Waals surface area contributed by atoms with Gasteiger partial charge in [-0.3, -0.25) is 9.59 Å². The first-order valence-electron chi connectivity index (χ1n) is 12.6. The number of hydrogen-bond acceptors (Lipinski definition) is 2. The van der Waals surface area contributed by atoms with E-state index in [-0.39, 0.29) is 35.5 Å². The summed E-state index contributed by atoms with van der Waals surface area (Å²) in [5.41, 5.74) is 4.52. The molecule has 2 aromatic carbocycles. The fraction of sp³-hybridized carbons (Fsp3) is 0.533. The summed E-state index contributed by atoms with van der Waals surface area (Å²) in [7, 11) is 0. The molecule has 2 amide bonds. The second kappa shape index (κ2) is 9.93. The fourth-order valence-corrected chi connectivity index (χ4v) is 4.99. The summed E-state index contributed by atoms with van der Waals surface area (Å²) in [5, 5.41) is 6.35. The van der Waals surface area contributed by atoms with Gasteiger partial charge < -0.3 is 10.6 Å². The second-order valence-corrected chi connectivity index (χ2v) is 12.1. The van der Waals surface area contributed by atoms with E-state index in [0.29, 0.717) is 13.1 Å². The van der Waals surface area contributed by atoms with Crippen LogP contribution in [0.5, 0.6) is 0 Å². The zero-order valence-corrected chi connectivity index (χ0v) is 22.2. The van der Waals surface area contributed by atoms with Crippen molar-refractivity contribution < 1.29 is 9.59 Å². The van der Waals surface area contributed by atoms with Crippen molar-refractivity contribution in [2.75, 3.05) is 13.1 Å². The molecule has 2 unspecified atom stereocenters. The molecule has 0 saturated carbocycles. The van der Waals surface area contributed by atoms with E-state index in [1.165, 1.54) is 22.3 Å². The predicted octanol–water partition coefficient (Wildman–Crippen LogP) is 5.86. The van der Waals surface area contributed by atoms with Gasteiger partial charge in [0.25, 0.3) is 0 Å². The molecule has 184 valence electrons. The topological polar surface area (TPSA) is 58.2 Å². The Kier molecular flexibility index (Phi) is 7.59. The molecule has 1 aliphatic rings. The molecule has 0 heterocycles. The van der Waals surface area contributed by atoms with Crippen LogP contribution in [0.25, 0.3) is 0 Å². The van der Waals surface area contributed by atoms with Crippen molar-refractivity contribution >= 4 is 11.8 Å². The van der Waals surface area contributed by atoms with E-state index in [1.807, 2.05) is 41.5 Å². The lowest BCUT2D eigenvalue weighted by Crippen LogP contribution is -2.40. The molecule has 2 aromatic rings. The van der Waals surface area contributed by atoms with Crippen LogP contribution in [0.15, 0.2) is 48.5 Å². The molecule has 2 atom stereocenters. The van der Waals surface area contributed by atoms with E-state index in [4.69, 9.17) is 0 Å². The van der Waals surface area contributed by atoms with Gasteiger partial charge in [0.05, 0.1) is 0 Å². The minimum atomic E-state index is -0.403. The quantitative estimate of drug-likeness (QED) is 0.565. The Labute approximate surface area is 205 Å². The van der Waals surface area contributed by atoms with E-state index in [2.05, 4.69) is 73.0 Å². The van der Waals surface area contributed by atoms with Gasteiger partial charge in [0.2, 0.25) is 11.8 Å². The van der Waals surface area contributed by atoms with Crippen LogP contribution < -0.4 is 10.6 Å². The van der Waals surface area contributed by atoms with Crippen LogP contribution in [0.1, 0.15) is 89.5 Å². The maximum atomic E-state index is 12.5. The predicted molar refractivity (Wildman–Crippen MR) is 140 cm³/mol. The third kappa shape index (κ3) is 5.54. The van der Waals surface area contributed by atoms with E-state index in [1.54, 1.807) is 0 Å². The van der Waals surface area contributed by atoms with Gasteiger partial charge in [-0.15, -0.1) is 0 Å². The van der Waals surface area contributed by atoms with Crippen LogP contribution in [-0.2, 0) is 9.59 Å². The van der Waals surface area contributed by atoms with Crippen LogP contribution in [0.4, 0.5) is 0 Å². The highest BCUT2D eigenvalue weighted by Crippen LogP contribution is 2.48. The monoisotopic (exact) mass is 462 g/mol. The highest BCUT2D eigenvalue weighted by Gasteiger charge is 2.37. The minimum absolute atomic E-state index is 0.0813. The van der Waals surface area contributed by atoms with Gasteiger partial charge in [-0.05, 0) is 34.1 Å². The molecular weight excluding hydrogens is 420 g/mol. The van der Waals surface area contributed by atoms with Gasteiger partial charge in [0, 0.05) is 35.8 Å². The normalized spacial score (nSPS) is 19.4. The maximum absolute atomic E-state index is 12.5. The van der Waals surface area contributed by atoms with Crippen LogP contribution in [-0.4, -0.2) is 24.9 Å². The summed E-state index contributed by atoms with van der Waals surface area (Å²) >= 11 is 0. The Hall–Kier alpha value is -2.62. The van der Waals surface area contributed by atoms with Gasteiger partial charge >= 0.3 is 0 Å². The van der Waals surface area contributed by atoms with Crippen molar-refractivity contribution in [3.8, 4) is 0 Å². The Morgan fingerprint density at radius 2 is 0.912 bits per heavy atom. The molecule has 4 nitrogen and oxygen atoms in total. The van der Waals surface area contributed by atoms with Crippen molar-refractivity contribution in [1.82, 2.24) is 10.6 Å². The summed E-state index contributed by atoms with van der Waals surface area (Å²) in [4.78, 5) is 25.1.